The molecule has 1 aliphatic rings. The maximum Gasteiger partial charge on any atom is 0.256 e. The van der Waals surface area contributed by atoms with Crippen LogP contribution in [-0.4, -0.2) is 23.3 Å². The third kappa shape index (κ3) is 3.25. The standard InChI is InChI=1S/C22H22N4O2/c1-13(2)27-20-11-8-14(12-19(20)24-4)22-25-21(26-28-22)17-7-5-6-16-15(17)9-10-18(16)23-3/h5-8,11-13,18,23H,9-10H2,1-3H3/t18-/m1/s1. The molecular weight excluding hydrogens is 352 g/mol. The van der Waals surface area contributed by atoms with Crippen molar-refractivity contribution in [2.75, 3.05) is 7.05 Å². The van der Waals surface area contributed by atoms with Gasteiger partial charge >= 0.3 is 0 Å². The molecule has 142 valence electrons. The second kappa shape index (κ2) is 7.45. The van der Waals surface area contributed by atoms with Gasteiger partial charge in [0.15, 0.2) is 0 Å². The molecule has 1 aromatic heterocycles. The fourth-order valence-corrected chi connectivity index (χ4v) is 3.71. The second-order valence-electron chi connectivity index (χ2n) is 7.14. The third-order valence-corrected chi connectivity index (χ3v) is 4.98. The first-order valence-electron chi connectivity index (χ1n) is 9.42. The molecule has 2 aromatic carbocycles. The van der Waals surface area contributed by atoms with Gasteiger partial charge in [-0.25, -0.2) is 4.85 Å². The number of hydrogen-bond donors (Lipinski definition) is 1. The van der Waals surface area contributed by atoms with Crippen molar-refractivity contribution in [3.05, 3.63) is 58.9 Å². The zero-order chi connectivity index (χ0) is 19.7. The van der Waals surface area contributed by atoms with Crippen molar-refractivity contribution in [2.45, 2.75) is 38.8 Å². The van der Waals surface area contributed by atoms with Crippen LogP contribution in [0.2, 0.25) is 0 Å². The minimum atomic E-state index is 0.00275. The Kier molecular flexibility index (Phi) is 4.84. The van der Waals surface area contributed by atoms with Crippen LogP contribution in [0.15, 0.2) is 40.9 Å². The third-order valence-electron chi connectivity index (χ3n) is 4.98. The molecule has 3 aromatic rings. The number of aromatic nitrogens is 2. The average molecular weight is 374 g/mol. The maximum atomic E-state index is 7.42. The van der Waals surface area contributed by atoms with Gasteiger partial charge in [0.25, 0.3) is 5.89 Å². The monoisotopic (exact) mass is 374 g/mol. The van der Waals surface area contributed by atoms with Crippen LogP contribution >= 0.6 is 0 Å². The molecule has 0 bridgehead atoms. The van der Waals surface area contributed by atoms with Crippen LogP contribution in [0.5, 0.6) is 5.75 Å². The molecule has 1 N–H and O–H groups in total. The highest BCUT2D eigenvalue weighted by atomic mass is 16.5. The first kappa shape index (κ1) is 18.2. The van der Waals surface area contributed by atoms with Crippen molar-refractivity contribution in [3.8, 4) is 28.6 Å². The van der Waals surface area contributed by atoms with Crippen LogP contribution in [-0.2, 0) is 6.42 Å². The Balaban J connectivity index is 1.68. The van der Waals surface area contributed by atoms with E-state index in [1.54, 1.807) is 12.1 Å². The summed E-state index contributed by atoms with van der Waals surface area (Å²) in [6, 6.07) is 12.0. The Hall–Kier alpha value is -3.17. The molecule has 6 heteroatoms. The summed E-state index contributed by atoms with van der Waals surface area (Å²) in [5.41, 5.74) is 4.73. The molecule has 0 saturated heterocycles. The van der Waals surface area contributed by atoms with E-state index in [1.165, 1.54) is 11.1 Å². The smallest absolute Gasteiger partial charge is 0.256 e. The van der Waals surface area contributed by atoms with E-state index in [2.05, 4.69) is 26.4 Å². The van der Waals surface area contributed by atoms with E-state index >= 15 is 0 Å². The van der Waals surface area contributed by atoms with Crippen molar-refractivity contribution in [2.24, 2.45) is 0 Å². The number of nitrogens with zero attached hydrogens (tertiary/aromatic N) is 3. The Labute approximate surface area is 164 Å². The fourth-order valence-electron chi connectivity index (χ4n) is 3.71. The van der Waals surface area contributed by atoms with Gasteiger partial charge in [-0.05, 0) is 63.1 Å². The highest BCUT2D eigenvalue weighted by Crippen LogP contribution is 2.38. The summed E-state index contributed by atoms with van der Waals surface area (Å²) in [6.45, 7) is 11.3. The van der Waals surface area contributed by atoms with Gasteiger partial charge in [0.1, 0.15) is 5.75 Å². The van der Waals surface area contributed by atoms with E-state index in [0.717, 1.165) is 18.4 Å². The summed E-state index contributed by atoms with van der Waals surface area (Å²) >= 11 is 0. The van der Waals surface area contributed by atoms with Gasteiger partial charge in [0.2, 0.25) is 11.5 Å². The van der Waals surface area contributed by atoms with Crippen LogP contribution in [0.3, 0.4) is 0 Å². The lowest BCUT2D eigenvalue weighted by Crippen LogP contribution is -2.12. The lowest BCUT2D eigenvalue weighted by atomic mass is 10.0. The van der Waals surface area contributed by atoms with Crippen LogP contribution in [0.1, 0.15) is 37.4 Å². The molecule has 0 amide bonds. The zero-order valence-corrected chi connectivity index (χ0v) is 16.2. The van der Waals surface area contributed by atoms with E-state index < -0.39 is 0 Å². The van der Waals surface area contributed by atoms with E-state index in [-0.39, 0.29) is 6.10 Å². The molecule has 0 radical (unpaired) electrons. The van der Waals surface area contributed by atoms with E-state index in [0.29, 0.717) is 34.8 Å². The van der Waals surface area contributed by atoms with E-state index in [1.807, 2.05) is 39.1 Å². The maximum absolute atomic E-state index is 7.42. The number of fused-ring (bicyclic) bond motifs is 1. The summed E-state index contributed by atoms with van der Waals surface area (Å²) < 4.78 is 11.2. The normalized spacial score (nSPS) is 15.5. The van der Waals surface area contributed by atoms with Gasteiger partial charge in [0, 0.05) is 17.2 Å². The lowest BCUT2D eigenvalue weighted by Gasteiger charge is -2.11. The first-order chi connectivity index (χ1) is 13.6. The quantitative estimate of drug-likeness (QED) is 0.640. The molecule has 0 fully saturated rings. The zero-order valence-electron chi connectivity index (χ0n) is 16.2. The van der Waals surface area contributed by atoms with E-state index in [4.69, 9.17) is 15.8 Å². The van der Waals surface area contributed by atoms with Crippen molar-refractivity contribution >= 4 is 5.69 Å². The molecule has 1 aliphatic carbocycles. The second-order valence-corrected chi connectivity index (χ2v) is 7.14. The van der Waals surface area contributed by atoms with Gasteiger partial charge < -0.3 is 14.6 Å². The topological polar surface area (TPSA) is 64.5 Å². The molecular formula is C22H22N4O2. The van der Waals surface area contributed by atoms with Crippen LogP contribution in [0.25, 0.3) is 27.7 Å². The van der Waals surface area contributed by atoms with E-state index in [9.17, 15) is 0 Å². The minimum Gasteiger partial charge on any atom is -0.502 e. The van der Waals surface area contributed by atoms with Crippen molar-refractivity contribution < 1.29 is 9.26 Å². The molecule has 0 spiro atoms. The number of hydrogen-bond acceptors (Lipinski definition) is 5. The Bertz CT molecular complexity index is 1050. The molecule has 6 nitrogen and oxygen atoms in total. The summed E-state index contributed by atoms with van der Waals surface area (Å²) in [6.07, 6.45) is 2.06. The van der Waals surface area contributed by atoms with Gasteiger partial charge in [-0.2, -0.15) is 4.98 Å². The summed E-state index contributed by atoms with van der Waals surface area (Å²) in [5.74, 6) is 1.54. The number of nitrogens with one attached hydrogen (secondary N) is 1. The predicted octanol–water partition coefficient (Wildman–Crippen LogP) is 4.95. The summed E-state index contributed by atoms with van der Waals surface area (Å²) in [5, 5.41) is 7.56. The van der Waals surface area contributed by atoms with Gasteiger partial charge in [-0.15, -0.1) is 0 Å². The highest BCUT2D eigenvalue weighted by Gasteiger charge is 2.25. The van der Waals surface area contributed by atoms with Crippen LogP contribution < -0.4 is 10.1 Å². The number of benzene rings is 2. The fraction of sp³-hybridized carbons (Fsp3) is 0.318. The predicted molar refractivity (Wildman–Crippen MR) is 107 cm³/mol. The summed E-state index contributed by atoms with van der Waals surface area (Å²) in [4.78, 5) is 8.17. The van der Waals surface area contributed by atoms with Crippen molar-refractivity contribution in [1.29, 1.82) is 0 Å². The molecule has 1 heterocycles. The van der Waals surface area contributed by atoms with Crippen LogP contribution in [0, 0.1) is 6.57 Å². The van der Waals surface area contributed by atoms with Gasteiger partial charge in [-0.3, -0.25) is 0 Å². The highest BCUT2D eigenvalue weighted by molar-refractivity contribution is 5.70. The van der Waals surface area contributed by atoms with Gasteiger partial charge in [-0.1, -0.05) is 23.4 Å². The average Bonchev–Trinajstić information content (AvgIpc) is 3.34. The van der Waals surface area contributed by atoms with Crippen molar-refractivity contribution in [1.82, 2.24) is 15.5 Å². The molecule has 28 heavy (non-hydrogen) atoms. The SMILES string of the molecule is [C-]#[N+]c1cc(-c2nc(-c3cccc4c3CC[C@H]4NC)no2)ccc1OC(C)C. The van der Waals surface area contributed by atoms with Gasteiger partial charge in [0.05, 0.1) is 12.7 Å². The summed E-state index contributed by atoms with van der Waals surface area (Å²) in [7, 11) is 1.99. The molecule has 4 rings (SSSR count). The number of ether oxygens (including phenoxy) is 1. The lowest BCUT2D eigenvalue weighted by molar-refractivity contribution is 0.244. The molecule has 0 saturated carbocycles. The van der Waals surface area contributed by atoms with Crippen molar-refractivity contribution in [3.63, 3.8) is 0 Å². The first-order valence-corrected chi connectivity index (χ1v) is 9.42. The van der Waals surface area contributed by atoms with Crippen LogP contribution in [0.4, 0.5) is 5.69 Å². The Morgan fingerprint density at radius 1 is 1.29 bits per heavy atom. The minimum absolute atomic E-state index is 0.00275. The molecule has 0 unspecified atom stereocenters. The molecule has 0 aliphatic heterocycles. The Morgan fingerprint density at radius 3 is 2.89 bits per heavy atom. The Morgan fingerprint density at radius 2 is 2.14 bits per heavy atom. The number of rotatable bonds is 5. The largest absolute Gasteiger partial charge is 0.502 e. The molecule has 1 atom stereocenters.